The highest BCUT2D eigenvalue weighted by Gasteiger charge is 2.24. The molecule has 1 aliphatic heterocycles. The number of rotatable bonds is 7. The minimum Gasteiger partial charge on any atom is -0.495 e. The van der Waals surface area contributed by atoms with Crippen LogP contribution in [0.2, 0.25) is 0 Å². The van der Waals surface area contributed by atoms with Gasteiger partial charge in [-0.05, 0) is 42.3 Å². The second-order valence-electron chi connectivity index (χ2n) is 7.07. The zero-order valence-corrected chi connectivity index (χ0v) is 17.3. The molecule has 2 aromatic carbocycles. The van der Waals surface area contributed by atoms with Crippen LogP contribution in [0.15, 0.2) is 47.4 Å². The molecule has 5 nitrogen and oxygen atoms in total. The number of anilines is 2. The predicted octanol–water partition coefficient (Wildman–Crippen LogP) is 4.50. The molecule has 0 unspecified atom stereocenters. The van der Waals surface area contributed by atoms with Crippen molar-refractivity contribution in [2.45, 2.75) is 43.3 Å². The molecule has 0 atom stereocenters. The smallest absolute Gasteiger partial charge is 0.228 e. The van der Waals surface area contributed by atoms with Gasteiger partial charge in [-0.1, -0.05) is 26.0 Å². The Balaban J connectivity index is 1.67. The summed E-state index contributed by atoms with van der Waals surface area (Å²) >= 11 is 1.80. The van der Waals surface area contributed by atoms with E-state index >= 15 is 0 Å². The van der Waals surface area contributed by atoms with Crippen LogP contribution < -0.4 is 15.0 Å². The summed E-state index contributed by atoms with van der Waals surface area (Å²) in [6.45, 7) is 4.99. The second kappa shape index (κ2) is 9.15. The average molecular weight is 399 g/mol. The zero-order chi connectivity index (χ0) is 20.1. The maximum atomic E-state index is 12.5. The van der Waals surface area contributed by atoms with Gasteiger partial charge < -0.3 is 15.0 Å². The lowest BCUT2D eigenvalue weighted by Gasteiger charge is -2.20. The molecule has 28 heavy (non-hydrogen) atoms. The van der Waals surface area contributed by atoms with Gasteiger partial charge in [-0.3, -0.25) is 9.59 Å². The first kappa shape index (κ1) is 20.3. The van der Waals surface area contributed by atoms with Crippen LogP contribution >= 0.6 is 11.8 Å². The van der Waals surface area contributed by atoms with Gasteiger partial charge in [-0.25, -0.2) is 0 Å². The predicted molar refractivity (Wildman–Crippen MR) is 114 cm³/mol. The minimum atomic E-state index is -0.0897. The molecular weight excluding hydrogens is 372 g/mol. The van der Waals surface area contributed by atoms with Gasteiger partial charge >= 0.3 is 0 Å². The third-order valence-corrected chi connectivity index (χ3v) is 5.50. The van der Waals surface area contributed by atoms with Gasteiger partial charge in [0.05, 0.1) is 19.2 Å². The molecule has 2 aromatic rings. The lowest BCUT2D eigenvalue weighted by atomic mass is 10.1. The standard InChI is InChI=1S/C22H26N2O3S/c1-15(2)28-18-9-6-16(7-10-18)13-21(25)23-17-8-11-20(27-3)19(14-17)24-12-4-5-22(24)26/h6-11,14-15H,4-5,12-13H2,1-3H3,(H,23,25). The molecule has 1 heterocycles. The van der Waals surface area contributed by atoms with Crippen molar-refractivity contribution in [1.82, 2.24) is 0 Å². The highest BCUT2D eigenvalue weighted by atomic mass is 32.2. The average Bonchev–Trinajstić information content (AvgIpc) is 3.08. The molecule has 0 spiro atoms. The second-order valence-corrected chi connectivity index (χ2v) is 8.72. The van der Waals surface area contributed by atoms with Gasteiger partial charge in [-0.2, -0.15) is 0 Å². The molecule has 2 amide bonds. The number of nitrogens with one attached hydrogen (secondary N) is 1. The minimum absolute atomic E-state index is 0.0844. The van der Waals surface area contributed by atoms with Crippen molar-refractivity contribution in [3.63, 3.8) is 0 Å². The van der Waals surface area contributed by atoms with E-state index in [1.165, 1.54) is 4.90 Å². The molecule has 0 radical (unpaired) electrons. The fourth-order valence-corrected chi connectivity index (χ4v) is 4.07. The monoisotopic (exact) mass is 398 g/mol. The zero-order valence-electron chi connectivity index (χ0n) is 16.5. The molecule has 0 bridgehead atoms. The number of hydrogen-bond donors (Lipinski definition) is 1. The Labute approximate surface area is 170 Å². The summed E-state index contributed by atoms with van der Waals surface area (Å²) in [6.07, 6.45) is 1.69. The first-order valence-electron chi connectivity index (χ1n) is 9.50. The summed E-state index contributed by atoms with van der Waals surface area (Å²) < 4.78 is 5.39. The molecule has 0 aliphatic carbocycles. The maximum absolute atomic E-state index is 12.5. The van der Waals surface area contributed by atoms with E-state index < -0.39 is 0 Å². The van der Waals surface area contributed by atoms with Crippen molar-refractivity contribution in [3.05, 3.63) is 48.0 Å². The van der Waals surface area contributed by atoms with Gasteiger partial charge in [0.15, 0.2) is 0 Å². The molecule has 1 aliphatic rings. The lowest BCUT2D eigenvalue weighted by molar-refractivity contribution is -0.117. The molecule has 148 valence electrons. The molecule has 0 saturated carbocycles. The van der Waals surface area contributed by atoms with E-state index in [0.29, 0.717) is 41.8 Å². The van der Waals surface area contributed by atoms with Crippen LogP contribution in [0.1, 0.15) is 32.3 Å². The number of hydrogen-bond acceptors (Lipinski definition) is 4. The van der Waals surface area contributed by atoms with Gasteiger partial charge in [0.2, 0.25) is 11.8 Å². The normalized spacial score (nSPS) is 13.9. The Kier molecular flexibility index (Phi) is 6.62. The number of carbonyl (C=O) groups excluding carboxylic acids is 2. The Morgan fingerprint density at radius 1 is 1.21 bits per heavy atom. The molecule has 3 rings (SSSR count). The lowest BCUT2D eigenvalue weighted by Crippen LogP contribution is -2.24. The summed E-state index contributed by atoms with van der Waals surface area (Å²) in [5, 5.41) is 3.46. The quantitative estimate of drug-likeness (QED) is 0.698. The summed E-state index contributed by atoms with van der Waals surface area (Å²) in [7, 11) is 1.58. The van der Waals surface area contributed by atoms with Crippen molar-refractivity contribution in [3.8, 4) is 5.75 Å². The highest BCUT2D eigenvalue weighted by Crippen LogP contribution is 2.34. The van der Waals surface area contributed by atoms with Crippen molar-refractivity contribution >= 4 is 35.0 Å². The fourth-order valence-electron chi connectivity index (χ4n) is 3.23. The Morgan fingerprint density at radius 2 is 1.96 bits per heavy atom. The van der Waals surface area contributed by atoms with E-state index in [1.807, 2.05) is 18.2 Å². The van der Waals surface area contributed by atoms with Crippen LogP contribution in [0.25, 0.3) is 0 Å². The van der Waals surface area contributed by atoms with Crippen LogP contribution in [0.5, 0.6) is 5.75 Å². The molecule has 1 fully saturated rings. The van der Waals surface area contributed by atoms with Crippen LogP contribution in [0, 0.1) is 0 Å². The topological polar surface area (TPSA) is 58.6 Å². The van der Waals surface area contributed by atoms with E-state index in [1.54, 1.807) is 35.9 Å². The third kappa shape index (κ3) is 5.07. The van der Waals surface area contributed by atoms with E-state index in [9.17, 15) is 9.59 Å². The van der Waals surface area contributed by atoms with Gasteiger partial charge in [0.1, 0.15) is 5.75 Å². The fraction of sp³-hybridized carbons (Fsp3) is 0.364. The molecule has 6 heteroatoms. The van der Waals surface area contributed by atoms with E-state index in [-0.39, 0.29) is 11.8 Å². The summed E-state index contributed by atoms with van der Waals surface area (Å²) in [6, 6.07) is 13.5. The Hall–Kier alpha value is -2.47. The molecule has 1 saturated heterocycles. The third-order valence-electron chi connectivity index (χ3n) is 4.49. The van der Waals surface area contributed by atoms with E-state index in [4.69, 9.17) is 4.74 Å². The van der Waals surface area contributed by atoms with Crippen LogP contribution in [-0.4, -0.2) is 30.7 Å². The van der Waals surface area contributed by atoms with Crippen molar-refractivity contribution in [2.75, 3.05) is 23.9 Å². The first-order valence-corrected chi connectivity index (χ1v) is 10.4. The summed E-state index contributed by atoms with van der Waals surface area (Å²) in [4.78, 5) is 27.5. The summed E-state index contributed by atoms with van der Waals surface area (Å²) in [5.74, 6) is 0.626. The molecule has 0 aromatic heterocycles. The number of thioether (sulfide) groups is 1. The van der Waals surface area contributed by atoms with Gasteiger partial charge in [-0.15, -0.1) is 11.8 Å². The van der Waals surface area contributed by atoms with E-state index in [0.717, 1.165) is 12.0 Å². The number of benzene rings is 2. The Bertz CT molecular complexity index is 849. The number of carbonyl (C=O) groups is 2. The number of ether oxygens (including phenoxy) is 1. The van der Waals surface area contributed by atoms with Crippen molar-refractivity contribution in [2.24, 2.45) is 0 Å². The summed E-state index contributed by atoms with van der Waals surface area (Å²) in [5.41, 5.74) is 2.33. The number of amides is 2. The number of methoxy groups -OCH3 is 1. The van der Waals surface area contributed by atoms with E-state index in [2.05, 4.69) is 31.3 Å². The van der Waals surface area contributed by atoms with Crippen molar-refractivity contribution < 1.29 is 14.3 Å². The maximum Gasteiger partial charge on any atom is 0.228 e. The van der Waals surface area contributed by atoms with Crippen LogP contribution in [0.4, 0.5) is 11.4 Å². The number of nitrogens with zero attached hydrogens (tertiary/aromatic N) is 1. The molecule has 1 N–H and O–H groups in total. The van der Waals surface area contributed by atoms with Crippen LogP contribution in [0.3, 0.4) is 0 Å². The first-order chi connectivity index (χ1) is 13.5. The SMILES string of the molecule is COc1ccc(NC(=O)Cc2ccc(SC(C)C)cc2)cc1N1CCCC1=O. The molecular formula is C22H26N2O3S. The van der Waals surface area contributed by atoms with Gasteiger partial charge in [0, 0.05) is 28.8 Å². The highest BCUT2D eigenvalue weighted by molar-refractivity contribution is 7.99. The Morgan fingerprint density at radius 3 is 2.57 bits per heavy atom. The van der Waals surface area contributed by atoms with Crippen molar-refractivity contribution in [1.29, 1.82) is 0 Å². The van der Waals surface area contributed by atoms with Gasteiger partial charge in [0.25, 0.3) is 0 Å². The van der Waals surface area contributed by atoms with Crippen LogP contribution in [-0.2, 0) is 16.0 Å². The largest absolute Gasteiger partial charge is 0.495 e.